The van der Waals surface area contributed by atoms with Gasteiger partial charge in [0.05, 0.1) is 16.7 Å². The normalized spacial score (nSPS) is 11.2. The molecule has 4 aromatic carbocycles. The van der Waals surface area contributed by atoms with Gasteiger partial charge in [-0.3, -0.25) is 4.57 Å². The van der Waals surface area contributed by atoms with Gasteiger partial charge in [0.25, 0.3) is 0 Å². The van der Waals surface area contributed by atoms with Crippen LogP contribution < -0.4 is 4.74 Å². The van der Waals surface area contributed by atoms with E-state index in [4.69, 9.17) is 9.72 Å². The summed E-state index contributed by atoms with van der Waals surface area (Å²) < 4.78 is 8.26. The lowest BCUT2D eigenvalue weighted by Crippen LogP contribution is -1.98. The van der Waals surface area contributed by atoms with E-state index in [1.54, 1.807) is 6.20 Å². The van der Waals surface area contributed by atoms with Crippen molar-refractivity contribution in [3.8, 4) is 39.8 Å². The third kappa shape index (κ3) is 3.98. The van der Waals surface area contributed by atoms with Crippen molar-refractivity contribution in [2.24, 2.45) is 0 Å². The number of hydrogen-bond donors (Lipinski definition) is 0. The van der Waals surface area contributed by atoms with Crippen LogP contribution in [-0.4, -0.2) is 14.5 Å². The molecule has 4 heteroatoms. The first kappa shape index (κ1) is 22.0. The molecule has 3 heterocycles. The lowest BCUT2D eigenvalue weighted by atomic mass is 10.0. The Hall–Kier alpha value is -5.22. The number of pyridine rings is 2. The summed E-state index contributed by atoms with van der Waals surface area (Å²) in [5, 5.41) is 2.39. The van der Waals surface area contributed by atoms with Gasteiger partial charge in [-0.05, 0) is 53.6 Å². The molecule has 0 amide bonds. The monoisotopic (exact) mass is 489 g/mol. The van der Waals surface area contributed by atoms with Crippen LogP contribution in [-0.2, 0) is 0 Å². The van der Waals surface area contributed by atoms with E-state index in [1.165, 1.54) is 10.8 Å². The number of fused-ring (bicyclic) bond motifs is 3. The summed E-state index contributed by atoms with van der Waals surface area (Å²) in [7, 11) is 0. The SMILES string of the molecule is c1ccc(-c2cccc(-n3c4ccccc4c4ccc(-c5cccc(Oc6ccccn6)c5)cc43)n2)cc1. The smallest absolute Gasteiger partial charge is 0.219 e. The molecule has 180 valence electrons. The number of nitrogens with zero attached hydrogens (tertiary/aromatic N) is 3. The van der Waals surface area contributed by atoms with Gasteiger partial charge < -0.3 is 4.74 Å². The number of rotatable bonds is 5. The van der Waals surface area contributed by atoms with E-state index < -0.39 is 0 Å². The minimum atomic E-state index is 0.574. The van der Waals surface area contributed by atoms with E-state index in [1.807, 2.05) is 48.5 Å². The van der Waals surface area contributed by atoms with Crippen molar-refractivity contribution in [2.45, 2.75) is 0 Å². The predicted molar refractivity (Wildman–Crippen MR) is 154 cm³/mol. The van der Waals surface area contributed by atoms with E-state index in [0.717, 1.165) is 45.0 Å². The van der Waals surface area contributed by atoms with Gasteiger partial charge in [0.1, 0.15) is 11.6 Å². The summed E-state index contributed by atoms with van der Waals surface area (Å²) in [6.45, 7) is 0. The zero-order valence-corrected chi connectivity index (χ0v) is 20.5. The number of benzene rings is 4. The Morgan fingerprint density at radius 1 is 0.526 bits per heavy atom. The molecule has 0 aliphatic carbocycles. The standard InChI is InChI=1S/C34H23N3O/c1-2-10-24(11-3-1)30-15-9-17-33(36-30)37-31-16-5-4-14-28(31)29-20-19-26(23-32(29)37)25-12-8-13-27(22-25)38-34-18-6-7-21-35-34/h1-23H. The maximum absolute atomic E-state index is 6.00. The van der Waals surface area contributed by atoms with Gasteiger partial charge in [0.2, 0.25) is 5.88 Å². The Balaban J connectivity index is 1.38. The van der Waals surface area contributed by atoms with E-state index >= 15 is 0 Å². The molecule has 0 fully saturated rings. The number of ether oxygens (including phenoxy) is 1. The molecule has 0 atom stereocenters. The average molecular weight is 490 g/mol. The van der Waals surface area contributed by atoms with Crippen LogP contribution in [0.3, 0.4) is 0 Å². The Morgan fingerprint density at radius 2 is 1.29 bits per heavy atom. The quantitative estimate of drug-likeness (QED) is 0.243. The van der Waals surface area contributed by atoms with Crippen LogP contribution in [0.15, 0.2) is 140 Å². The van der Waals surface area contributed by atoms with Gasteiger partial charge in [-0.1, -0.05) is 84.9 Å². The van der Waals surface area contributed by atoms with Crippen LogP contribution in [0.2, 0.25) is 0 Å². The molecule has 7 aromatic rings. The summed E-state index contributed by atoms with van der Waals surface area (Å²) in [4.78, 5) is 9.37. The van der Waals surface area contributed by atoms with Gasteiger partial charge in [-0.25, -0.2) is 9.97 Å². The minimum absolute atomic E-state index is 0.574. The second kappa shape index (κ2) is 9.34. The fourth-order valence-electron chi connectivity index (χ4n) is 4.98. The lowest BCUT2D eigenvalue weighted by Gasteiger charge is -2.11. The topological polar surface area (TPSA) is 39.9 Å². The summed E-state index contributed by atoms with van der Waals surface area (Å²) in [6.07, 6.45) is 1.73. The molecular weight excluding hydrogens is 466 g/mol. The summed E-state index contributed by atoms with van der Waals surface area (Å²) >= 11 is 0. The van der Waals surface area contributed by atoms with Gasteiger partial charge in [-0.15, -0.1) is 0 Å². The third-order valence-electron chi connectivity index (χ3n) is 6.73. The molecule has 38 heavy (non-hydrogen) atoms. The highest BCUT2D eigenvalue weighted by molar-refractivity contribution is 6.10. The van der Waals surface area contributed by atoms with Crippen LogP contribution in [0.5, 0.6) is 11.6 Å². The summed E-state index contributed by atoms with van der Waals surface area (Å²) in [6, 6.07) is 45.4. The largest absolute Gasteiger partial charge is 0.439 e. The van der Waals surface area contributed by atoms with E-state index in [-0.39, 0.29) is 0 Å². The molecule has 7 rings (SSSR count). The van der Waals surface area contributed by atoms with Crippen LogP contribution in [0.1, 0.15) is 0 Å². The number of aromatic nitrogens is 3. The van der Waals surface area contributed by atoms with Crippen molar-refractivity contribution in [3.05, 3.63) is 140 Å². The predicted octanol–water partition coefficient (Wildman–Crippen LogP) is 8.70. The molecule has 0 aliphatic heterocycles. The van der Waals surface area contributed by atoms with Crippen molar-refractivity contribution in [1.29, 1.82) is 0 Å². The van der Waals surface area contributed by atoms with E-state index in [9.17, 15) is 0 Å². The van der Waals surface area contributed by atoms with Crippen molar-refractivity contribution in [2.75, 3.05) is 0 Å². The Morgan fingerprint density at radius 3 is 2.18 bits per heavy atom. The molecule has 0 radical (unpaired) electrons. The zero-order valence-electron chi connectivity index (χ0n) is 20.5. The molecule has 4 nitrogen and oxygen atoms in total. The number of hydrogen-bond acceptors (Lipinski definition) is 3. The summed E-state index contributed by atoms with van der Waals surface area (Å²) in [5.41, 5.74) is 6.46. The Bertz CT molecular complexity index is 1890. The fourth-order valence-corrected chi connectivity index (χ4v) is 4.98. The molecular formula is C34H23N3O. The molecule has 0 saturated heterocycles. The van der Waals surface area contributed by atoms with Gasteiger partial charge in [-0.2, -0.15) is 0 Å². The van der Waals surface area contributed by atoms with Crippen LogP contribution in [0.4, 0.5) is 0 Å². The van der Waals surface area contributed by atoms with Crippen molar-refractivity contribution >= 4 is 21.8 Å². The summed E-state index contributed by atoms with van der Waals surface area (Å²) in [5.74, 6) is 2.21. The van der Waals surface area contributed by atoms with Gasteiger partial charge in [0, 0.05) is 28.6 Å². The molecule has 0 spiro atoms. The Kier molecular flexibility index (Phi) is 5.41. The highest BCUT2D eigenvalue weighted by Crippen LogP contribution is 2.35. The second-order valence-electron chi connectivity index (χ2n) is 9.13. The van der Waals surface area contributed by atoms with Crippen molar-refractivity contribution in [3.63, 3.8) is 0 Å². The highest BCUT2D eigenvalue weighted by Gasteiger charge is 2.15. The Labute approximate surface area is 220 Å². The molecule has 0 bridgehead atoms. The van der Waals surface area contributed by atoms with Crippen molar-refractivity contribution in [1.82, 2.24) is 14.5 Å². The maximum atomic E-state index is 6.00. The third-order valence-corrected chi connectivity index (χ3v) is 6.73. The molecule has 0 saturated carbocycles. The first-order valence-corrected chi connectivity index (χ1v) is 12.6. The van der Waals surface area contributed by atoms with E-state index in [0.29, 0.717) is 5.88 Å². The molecule has 0 aliphatic rings. The second-order valence-corrected chi connectivity index (χ2v) is 9.13. The first-order chi connectivity index (χ1) is 18.8. The fraction of sp³-hybridized carbons (Fsp3) is 0. The van der Waals surface area contributed by atoms with Crippen LogP contribution in [0, 0.1) is 0 Å². The van der Waals surface area contributed by atoms with Crippen LogP contribution in [0.25, 0.3) is 50.0 Å². The molecule has 3 aromatic heterocycles. The van der Waals surface area contributed by atoms with Crippen molar-refractivity contribution < 1.29 is 4.74 Å². The van der Waals surface area contributed by atoms with Crippen LogP contribution >= 0.6 is 0 Å². The lowest BCUT2D eigenvalue weighted by molar-refractivity contribution is 0.463. The highest BCUT2D eigenvalue weighted by atomic mass is 16.5. The minimum Gasteiger partial charge on any atom is -0.439 e. The molecule has 0 unspecified atom stereocenters. The average Bonchev–Trinajstić information content (AvgIpc) is 3.32. The molecule has 0 N–H and O–H groups in total. The zero-order chi connectivity index (χ0) is 25.3. The maximum Gasteiger partial charge on any atom is 0.219 e. The first-order valence-electron chi connectivity index (χ1n) is 12.6. The van der Waals surface area contributed by atoms with Gasteiger partial charge in [0.15, 0.2) is 0 Å². The van der Waals surface area contributed by atoms with E-state index in [2.05, 4.69) is 94.5 Å². The van der Waals surface area contributed by atoms with Gasteiger partial charge >= 0.3 is 0 Å². The number of para-hydroxylation sites is 1.